The van der Waals surface area contributed by atoms with Crippen molar-refractivity contribution in [1.82, 2.24) is 34.7 Å². The van der Waals surface area contributed by atoms with Crippen molar-refractivity contribution < 1.29 is 45.0 Å². The Labute approximate surface area is 495 Å². The van der Waals surface area contributed by atoms with Gasteiger partial charge in [0.2, 0.25) is 0 Å². The van der Waals surface area contributed by atoms with Gasteiger partial charge in [0.05, 0.1) is 16.7 Å². The number of fused-ring (bicyclic) bond motifs is 2. The maximum atomic E-state index is 13.1. The zero-order valence-electron chi connectivity index (χ0n) is 50.4. The number of likely N-dealkylation sites (tertiary alicyclic amines) is 1. The van der Waals surface area contributed by atoms with E-state index in [1.807, 2.05) is 55.6 Å². The predicted molar refractivity (Wildman–Crippen MR) is 328 cm³/mol. The van der Waals surface area contributed by atoms with Crippen LogP contribution < -0.4 is 10.6 Å². The molecule has 8 N–H and O–H groups in total. The number of amides is 3. The van der Waals surface area contributed by atoms with Crippen LogP contribution in [0.25, 0.3) is 0 Å². The number of aromatic hydroxyl groups is 6. The summed E-state index contributed by atoms with van der Waals surface area (Å²) in [6, 6.07) is 22.3. The molecule has 5 heterocycles. The quantitative estimate of drug-likeness (QED) is 0.0619. The van der Waals surface area contributed by atoms with E-state index >= 15 is 0 Å². The molecule has 5 aliphatic heterocycles. The Morgan fingerprint density at radius 3 is 1.49 bits per heavy atom. The van der Waals surface area contributed by atoms with Crippen LogP contribution in [0, 0.1) is 0 Å². The molecule has 5 aromatic rings. The van der Waals surface area contributed by atoms with Crippen LogP contribution in [0.2, 0.25) is 0 Å². The summed E-state index contributed by atoms with van der Waals surface area (Å²) in [4.78, 5) is 51.4. The van der Waals surface area contributed by atoms with Crippen LogP contribution in [0.5, 0.6) is 34.5 Å². The van der Waals surface area contributed by atoms with Crippen LogP contribution in [0.3, 0.4) is 0 Å². The number of piperazine rings is 1. The molecule has 3 amide bonds. The number of piperidine rings is 1. The zero-order valence-corrected chi connectivity index (χ0v) is 50.4. The van der Waals surface area contributed by atoms with Gasteiger partial charge in [0.1, 0.15) is 34.5 Å². The maximum Gasteiger partial charge on any atom is 0.258 e. The smallest absolute Gasteiger partial charge is 0.258 e. The van der Waals surface area contributed by atoms with E-state index in [1.165, 1.54) is 34.9 Å². The van der Waals surface area contributed by atoms with Gasteiger partial charge >= 0.3 is 0 Å². The number of phenols is 6. The first-order valence-electron chi connectivity index (χ1n) is 29.7. The van der Waals surface area contributed by atoms with Crippen molar-refractivity contribution in [2.45, 2.75) is 123 Å². The van der Waals surface area contributed by atoms with Crippen LogP contribution in [0.15, 0.2) is 96.1 Å². The van der Waals surface area contributed by atoms with Crippen LogP contribution in [0.1, 0.15) is 154 Å². The molecule has 5 aromatic carbocycles. The molecule has 17 nitrogen and oxygen atoms in total. The third-order valence-corrected chi connectivity index (χ3v) is 17.2. The maximum absolute atomic E-state index is 13.1. The summed E-state index contributed by atoms with van der Waals surface area (Å²) < 4.78 is 0. The number of hydrogen-bond acceptors (Lipinski definition) is 14. The minimum atomic E-state index is -0.213. The molecule has 17 heteroatoms. The Morgan fingerprint density at radius 2 is 1.01 bits per heavy atom. The minimum absolute atomic E-state index is 0.0204. The first-order valence-corrected chi connectivity index (χ1v) is 29.7. The fourth-order valence-corrected chi connectivity index (χ4v) is 12.3. The lowest BCUT2D eigenvalue weighted by atomic mass is 9.95. The van der Waals surface area contributed by atoms with Crippen LogP contribution >= 0.6 is 0 Å². The van der Waals surface area contributed by atoms with E-state index in [4.69, 9.17) is 0 Å². The summed E-state index contributed by atoms with van der Waals surface area (Å²) in [6.45, 7) is 22.2. The second kappa shape index (κ2) is 26.1. The molecule has 1 unspecified atom stereocenters. The molecule has 0 spiro atoms. The van der Waals surface area contributed by atoms with Crippen molar-refractivity contribution in [2.24, 2.45) is 0 Å². The molecule has 11 rings (SSSR count). The summed E-state index contributed by atoms with van der Waals surface area (Å²) in [5.41, 5.74) is 12.2. The topological polar surface area (TPSA) is 216 Å². The van der Waals surface area contributed by atoms with E-state index in [0.29, 0.717) is 68.0 Å². The Bertz CT molecular complexity index is 3320. The van der Waals surface area contributed by atoms with Crippen LogP contribution in [0.4, 0.5) is 5.69 Å². The van der Waals surface area contributed by atoms with E-state index in [9.17, 15) is 45.0 Å². The molecule has 0 aromatic heterocycles. The summed E-state index contributed by atoms with van der Waals surface area (Å²) >= 11 is 0. The molecule has 1 atom stereocenters. The Morgan fingerprint density at radius 1 is 0.560 bits per heavy atom. The van der Waals surface area contributed by atoms with Crippen molar-refractivity contribution in [3.63, 3.8) is 0 Å². The average molecular weight is 1150 g/mol. The molecule has 0 bridgehead atoms. The van der Waals surface area contributed by atoms with Gasteiger partial charge < -0.3 is 65.8 Å². The highest BCUT2D eigenvalue weighted by Crippen LogP contribution is 2.39. The van der Waals surface area contributed by atoms with Crippen molar-refractivity contribution in [1.29, 1.82) is 0 Å². The molecule has 2 fully saturated rings. The molecular formula is C67H86N8O9. The second-order valence-electron chi connectivity index (χ2n) is 24.8. The normalized spacial score (nSPS) is 18.0. The third kappa shape index (κ3) is 14.0. The van der Waals surface area contributed by atoms with E-state index in [-0.39, 0.29) is 86.7 Å². The SMILES string of the molecule is CC(C)c1cc(C(=O)N2CC3=C(CC(N4CCNCC4)C=C3)C2)c(O)cc1O.CC(C)c1cc(C(=O)N2Cc3ccc(CN(C)C)cc3C2)c(O)cc1O.CC(C)c1cc(C(=O)N2Cc3ccc(NC4CCN(C)CC4)cc3C2)c(O)cc1O. The minimum Gasteiger partial charge on any atom is -0.508 e. The van der Waals surface area contributed by atoms with Gasteiger partial charge in [-0.1, -0.05) is 78.0 Å². The zero-order chi connectivity index (χ0) is 60.3. The van der Waals surface area contributed by atoms with Crippen molar-refractivity contribution >= 4 is 23.4 Å². The number of phenolic OH excluding ortho intramolecular Hbond substituents is 6. The molecule has 1 aliphatic carbocycles. The van der Waals surface area contributed by atoms with E-state index in [0.717, 1.165) is 93.0 Å². The van der Waals surface area contributed by atoms with Gasteiger partial charge in [-0.2, -0.15) is 0 Å². The second-order valence-corrected chi connectivity index (χ2v) is 24.8. The first-order chi connectivity index (χ1) is 40.0. The first kappa shape index (κ1) is 61.0. The van der Waals surface area contributed by atoms with Gasteiger partial charge in [-0.15, -0.1) is 0 Å². The third-order valence-electron chi connectivity index (χ3n) is 17.2. The summed E-state index contributed by atoms with van der Waals surface area (Å²) in [5.74, 6) is -0.863. The van der Waals surface area contributed by atoms with E-state index in [1.54, 1.807) is 32.9 Å². The van der Waals surface area contributed by atoms with Gasteiger partial charge in [0.25, 0.3) is 17.7 Å². The lowest BCUT2D eigenvalue weighted by Gasteiger charge is -2.35. The van der Waals surface area contributed by atoms with Gasteiger partial charge in [-0.05, 0) is 157 Å². The number of nitrogens with one attached hydrogen (secondary N) is 2. The molecule has 448 valence electrons. The largest absolute Gasteiger partial charge is 0.508 e. The highest BCUT2D eigenvalue weighted by molar-refractivity contribution is 5.99. The Kier molecular flexibility index (Phi) is 19.0. The number of carbonyl (C=O) groups is 3. The molecule has 0 radical (unpaired) electrons. The van der Waals surface area contributed by atoms with Gasteiger partial charge in [-0.3, -0.25) is 19.3 Å². The molecular weight excluding hydrogens is 1060 g/mol. The van der Waals surface area contributed by atoms with Gasteiger partial charge in [0, 0.05) is 108 Å². The number of benzene rings is 5. The highest BCUT2D eigenvalue weighted by atomic mass is 16.3. The predicted octanol–water partition coefficient (Wildman–Crippen LogP) is 9.53. The summed E-state index contributed by atoms with van der Waals surface area (Å²) in [5, 5.41) is 67.8. The number of anilines is 1. The monoisotopic (exact) mass is 1150 g/mol. The molecule has 6 aliphatic rings. The van der Waals surface area contributed by atoms with Crippen molar-refractivity contribution in [3.8, 4) is 34.5 Å². The molecule has 84 heavy (non-hydrogen) atoms. The van der Waals surface area contributed by atoms with Crippen molar-refractivity contribution in [3.05, 3.63) is 157 Å². The average Bonchev–Trinajstić information content (AvgIpc) is 3.98. The number of carbonyl (C=O) groups excluding carboxylic acids is 3. The fourth-order valence-electron chi connectivity index (χ4n) is 12.3. The van der Waals surface area contributed by atoms with Gasteiger partial charge in [0.15, 0.2) is 0 Å². The number of nitrogens with zero attached hydrogens (tertiary/aromatic N) is 6. The van der Waals surface area contributed by atoms with E-state index in [2.05, 4.69) is 80.9 Å². The standard InChI is InChI=1S/C24H31N3O3.C22H29N3O3.C21H26N2O3/c1-15(2)20-11-21(23(29)12-22(20)28)24(30)27-13-16-4-5-19(10-17(16)14-27)25-18-6-8-26(3)9-7-18;1-14(2)18-10-19(21(27)11-20(18)26)22(28)25-12-15-3-4-17(9-16(15)13-25)24-7-5-23-6-8-24;1-13(2)17-8-18(20(25)9-19(17)24)21(26)23-11-15-6-5-14(10-22(3)4)7-16(15)12-23/h4-5,10-12,15,18,25,28-29H,6-9,13-14H2,1-3H3;3-4,10-11,14,17,23,26-27H,5-9,12-13H2,1-2H3;5-9,13,24-25H,10-12H2,1-4H3. The summed E-state index contributed by atoms with van der Waals surface area (Å²) in [6.07, 6.45) is 7.68. The molecule has 0 saturated carbocycles. The number of rotatable bonds is 11. The lowest BCUT2D eigenvalue weighted by molar-refractivity contribution is 0.0740. The lowest BCUT2D eigenvalue weighted by Crippen LogP contribution is -2.48. The van der Waals surface area contributed by atoms with Gasteiger partial charge in [-0.25, -0.2) is 0 Å². The highest BCUT2D eigenvalue weighted by Gasteiger charge is 2.34. The Balaban J connectivity index is 0.000000152. The Hall–Kier alpha value is -7.57. The fraction of sp³-hybridized carbons (Fsp3) is 0.448. The van der Waals surface area contributed by atoms with Crippen LogP contribution in [-0.2, 0) is 32.7 Å². The van der Waals surface area contributed by atoms with Crippen LogP contribution in [-0.4, -0.2) is 163 Å². The number of hydrogen-bond donors (Lipinski definition) is 8. The summed E-state index contributed by atoms with van der Waals surface area (Å²) in [7, 11) is 6.22. The van der Waals surface area contributed by atoms with E-state index < -0.39 is 0 Å². The van der Waals surface area contributed by atoms with Crippen molar-refractivity contribution in [2.75, 3.05) is 78.8 Å². The molecule has 2 saturated heterocycles.